The maximum Gasteiger partial charge on any atom is 0.202 e. The Balaban J connectivity index is 2.32. The van der Waals surface area contributed by atoms with Crippen molar-refractivity contribution in [3.63, 3.8) is 0 Å². The number of nitrogens with two attached hydrogens (primary N) is 1. The van der Waals surface area contributed by atoms with E-state index in [4.69, 9.17) is 5.73 Å². The molecule has 2 heterocycles. The molecule has 6 heteroatoms. The molecule has 2 aromatic rings. The molecule has 2 aromatic heterocycles. The van der Waals surface area contributed by atoms with E-state index in [0.29, 0.717) is 12.0 Å². The number of anilines is 1. The van der Waals surface area contributed by atoms with Crippen LogP contribution in [-0.4, -0.2) is 43.9 Å². The molecule has 0 saturated carbocycles. The second-order valence-electron chi connectivity index (χ2n) is 5.29. The molecular weight excluding hydrogens is 240 g/mol. The van der Waals surface area contributed by atoms with Crippen LogP contribution >= 0.6 is 0 Å². The van der Waals surface area contributed by atoms with Gasteiger partial charge >= 0.3 is 0 Å². The van der Waals surface area contributed by atoms with Crippen molar-refractivity contribution in [1.29, 1.82) is 0 Å². The minimum Gasteiger partial charge on any atom is -0.369 e. The number of aromatic nitrogens is 4. The van der Waals surface area contributed by atoms with Crippen molar-refractivity contribution in [2.75, 3.05) is 19.3 Å². The van der Waals surface area contributed by atoms with E-state index in [2.05, 4.69) is 47.4 Å². The molecule has 0 aliphatic rings. The molecule has 0 aromatic carbocycles. The monoisotopic (exact) mass is 264 g/mol. The molecule has 2 rings (SSSR count). The molecule has 0 bridgehead atoms. The zero-order valence-corrected chi connectivity index (χ0v) is 12.5. The summed E-state index contributed by atoms with van der Waals surface area (Å²) >= 11 is 0. The number of rotatable bonds is 5. The van der Waals surface area contributed by atoms with Gasteiger partial charge < -0.3 is 10.6 Å². The highest BCUT2D eigenvalue weighted by atomic mass is 15.4. The molecule has 6 nitrogen and oxygen atoms in total. The molecular formula is C13H24N6. The van der Waals surface area contributed by atoms with E-state index in [0.717, 1.165) is 36.4 Å². The predicted octanol–water partition coefficient (Wildman–Crippen LogP) is 1.25. The fourth-order valence-corrected chi connectivity index (χ4v) is 2.23. The largest absolute Gasteiger partial charge is 0.369 e. The summed E-state index contributed by atoms with van der Waals surface area (Å²) in [6.07, 6.45) is 0.875. The number of nitrogen functional groups attached to an aromatic ring is 1. The quantitative estimate of drug-likeness (QED) is 0.883. The Hall–Kier alpha value is -1.56. The first kappa shape index (κ1) is 13.9. The number of hydrogen-bond acceptors (Lipinski definition) is 4. The summed E-state index contributed by atoms with van der Waals surface area (Å²) in [5, 5.41) is 4.50. The lowest BCUT2D eigenvalue weighted by Crippen LogP contribution is -2.30. The summed E-state index contributed by atoms with van der Waals surface area (Å²) < 4.78 is 3.94. The van der Waals surface area contributed by atoms with Crippen molar-refractivity contribution < 1.29 is 0 Å². The standard InChI is InChI=1S/C13H24N6/c1-6-10-11-12(18(5)16-10)19(13(14)15-11)8-7-17(4)9(2)3/h9H,6-8H2,1-5H3,(H2,14,15). The maximum atomic E-state index is 6.04. The van der Waals surface area contributed by atoms with Gasteiger partial charge in [0.2, 0.25) is 5.95 Å². The van der Waals surface area contributed by atoms with Gasteiger partial charge in [-0.05, 0) is 27.3 Å². The molecule has 0 amide bonds. The molecule has 0 fully saturated rings. The van der Waals surface area contributed by atoms with Gasteiger partial charge in [-0.3, -0.25) is 9.25 Å². The Morgan fingerprint density at radius 3 is 2.63 bits per heavy atom. The first-order chi connectivity index (χ1) is 8.95. The number of imidazole rings is 1. The number of nitrogens with zero attached hydrogens (tertiary/aromatic N) is 5. The van der Waals surface area contributed by atoms with Gasteiger partial charge in [-0.1, -0.05) is 6.92 Å². The van der Waals surface area contributed by atoms with Crippen LogP contribution in [0.5, 0.6) is 0 Å². The highest BCUT2D eigenvalue weighted by Crippen LogP contribution is 2.21. The average Bonchev–Trinajstić information content (AvgIpc) is 2.84. The van der Waals surface area contributed by atoms with Gasteiger partial charge in [0, 0.05) is 26.2 Å². The van der Waals surface area contributed by atoms with E-state index in [1.807, 2.05) is 11.7 Å². The van der Waals surface area contributed by atoms with Crippen LogP contribution < -0.4 is 5.73 Å². The van der Waals surface area contributed by atoms with E-state index in [-0.39, 0.29) is 0 Å². The molecule has 2 N–H and O–H groups in total. The summed E-state index contributed by atoms with van der Waals surface area (Å²) in [6.45, 7) is 8.24. The van der Waals surface area contributed by atoms with Gasteiger partial charge in [-0.25, -0.2) is 4.98 Å². The molecule has 0 atom stereocenters. The van der Waals surface area contributed by atoms with Crippen molar-refractivity contribution in [2.45, 2.75) is 39.8 Å². The van der Waals surface area contributed by atoms with Crippen LogP contribution in [0.25, 0.3) is 11.2 Å². The van der Waals surface area contributed by atoms with Gasteiger partial charge in [0.1, 0.15) is 5.52 Å². The predicted molar refractivity (Wildman–Crippen MR) is 78.1 cm³/mol. The molecule has 0 radical (unpaired) electrons. The zero-order chi connectivity index (χ0) is 14.2. The smallest absolute Gasteiger partial charge is 0.202 e. The summed E-state index contributed by atoms with van der Waals surface area (Å²) in [6, 6.07) is 0.526. The maximum absolute atomic E-state index is 6.04. The molecule has 0 spiro atoms. The molecule has 0 aliphatic heterocycles. The Bertz CT molecular complexity index is 565. The van der Waals surface area contributed by atoms with Crippen molar-refractivity contribution in [3.8, 4) is 0 Å². The molecule has 0 saturated heterocycles. The Kier molecular flexibility index (Phi) is 3.80. The van der Waals surface area contributed by atoms with Crippen LogP contribution in [0.4, 0.5) is 5.95 Å². The Morgan fingerprint density at radius 1 is 1.37 bits per heavy atom. The third-order valence-electron chi connectivity index (χ3n) is 3.71. The molecule has 0 aliphatic carbocycles. The first-order valence-electron chi connectivity index (χ1n) is 6.83. The highest BCUT2D eigenvalue weighted by molar-refractivity contribution is 5.77. The van der Waals surface area contributed by atoms with E-state index >= 15 is 0 Å². The van der Waals surface area contributed by atoms with Gasteiger partial charge in [0.05, 0.1) is 5.69 Å². The number of hydrogen-bond donors (Lipinski definition) is 1. The molecule has 19 heavy (non-hydrogen) atoms. The van der Waals surface area contributed by atoms with Crippen LogP contribution in [0, 0.1) is 0 Å². The lowest BCUT2D eigenvalue weighted by Gasteiger charge is -2.21. The highest BCUT2D eigenvalue weighted by Gasteiger charge is 2.17. The van der Waals surface area contributed by atoms with Gasteiger partial charge in [0.25, 0.3) is 0 Å². The van der Waals surface area contributed by atoms with E-state index in [1.165, 1.54) is 0 Å². The minimum absolute atomic E-state index is 0.526. The number of likely N-dealkylation sites (N-methyl/N-ethyl adjacent to an activating group) is 1. The van der Waals surface area contributed by atoms with Crippen LogP contribution in [-0.2, 0) is 20.0 Å². The third-order valence-corrected chi connectivity index (χ3v) is 3.71. The Morgan fingerprint density at radius 2 is 2.05 bits per heavy atom. The van der Waals surface area contributed by atoms with Crippen LogP contribution in [0.15, 0.2) is 0 Å². The Labute approximate surface area is 114 Å². The molecule has 106 valence electrons. The van der Waals surface area contributed by atoms with E-state index < -0.39 is 0 Å². The van der Waals surface area contributed by atoms with Gasteiger partial charge in [-0.2, -0.15) is 5.10 Å². The van der Waals surface area contributed by atoms with Crippen LogP contribution in [0.1, 0.15) is 26.5 Å². The SMILES string of the molecule is CCc1nn(C)c2c1nc(N)n2CCN(C)C(C)C. The third kappa shape index (κ3) is 2.45. The lowest BCUT2D eigenvalue weighted by atomic mass is 10.3. The number of fused-ring (bicyclic) bond motifs is 1. The lowest BCUT2D eigenvalue weighted by molar-refractivity contribution is 0.264. The van der Waals surface area contributed by atoms with Crippen molar-refractivity contribution in [1.82, 2.24) is 24.2 Å². The van der Waals surface area contributed by atoms with Gasteiger partial charge in [0.15, 0.2) is 5.65 Å². The number of aryl methyl sites for hydroxylation is 2. The topological polar surface area (TPSA) is 64.9 Å². The summed E-state index contributed by atoms with van der Waals surface area (Å²) in [7, 11) is 4.07. The second-order valence-corrected chi connectivity index (χ2v) is 5.29. The van der Waals surface area contributed by atoms with E-state index in [9.17, 15) is 0 Å². The summed E-state index contributed by atoms with van der Waals surface area (Å²) in [4.78, 5) is 6.76. The summed E-state index contributed by atoms with van der Waals surface area (Å²) in [5.41, 5.74) is 9.02. The fraction of sp³-hybridized carbons (Fsp3) is 0.692. The normalized spacial score (nSPS) is 12.2. The van der Waals surface area contributed by atoms with Crippen molar-refractivity contribution >= 4 is 17.1 Å². The second kappa shape index (κ2) is 5.21. The average molecular weight is 264 g/mol. The fourth-order valence-electron chi connectivity index (χ4n) is 2.23. The first-order valence-corrected chi connectivity index (χ1v) is 6.83. The molecule has 0 unspecified atom stereocenters. The van der Waals surface area contributed by atoms with Crippen molar-refractivity contribution in [2.24, 2.45) is 7.05 Å². The minimum atomic E-state index is 0.526. The van der Waals surface area contributed by atoms with Gasteiger partial charge in [-0.15, -0.1) is 0 Å². The summed E-state index contributed by atoms with van der Waals surface area (Å²) in [5.74, 6) is 0.579. The van der Waals surface area contributed by atoms with Crippen LogP contribution in [0.3, 0.4) is 0 Å². The van der Waals surface area contributed by atoms with E-state index in [1.54, 1.807) is 0 Å². The zero-order valence-electron chi connectivity index (χ0n) is 12.5. The van der Waals surface area contributed by atoms with Crippen molar-refractivity contribution in [3.05, 3.63) is 5.69 Å². The van der Waals surface area contributed by atoms with Crippen LogP contribution in [0.2, 0.25) is 0 Å².